The summed E-state index contributed by atoms with van der Waals surface area (Å²) in [5.41, 5.74) is 3.27. The molecule has 0 N–H and O–H groups in total. The van der Waals surface area contributed by atoms with Crippen molar-refractivity contribution in [3.8, 4) is 16.5 Å². The number of nitrogens with zero attached hydrogens (tertiary/aromatic N) is 1. The fourth-order valence-electron chi connectivity index (χ4n) is 2.69. The van der Waals surface area contributed by atoms with E-state index in [2.05, 4.69) is 51.1 Å². The van der Waals surface area contributed by atoms with Gasteiger partial charge in [0.2, 0.25) is 0 Å². The van der Waals surface area contributed by atoms with Gasteiger partial charge in [0.05, 0.1) is 11.6 Å². The van der Waals surface area contributed by atoms with Crippen molar-refractivity contribution in [3.05, 3.63) is 46.3 Å². The number of hydrogen-bond acceptors (Lipinski definition) is 2. The van der Waals surface area contributed by atoms with Crippen molar-refractivity contribution in [2.24, 2.45) is 5.92 Å². The molecule has 0 bridgehead atoms. The van der Waals surface area contributed by atoms with E-state index in [1.54, 1.807) is 0 Å². The molecule has 0 aliphatic rings. The fourth-order valence-corrected chi connectivity index (χ4v) is 3.56. The van der Waals surface area contributed by atoms with Crippen LogP contribution in [-0.4, -0.2) is 0 Å². The van der Waals surface area contributed by atoms with Crippen LogP contribution in [0.1, 0.15) is 49.1 Å². The zero-order valence-electron chi connectivity index (χ0n) is 13.1. The van der Waals surface area contributed by atoms with Gasteiger partial charge in [-0.3, -0.25) is 0 Å². The summed E-state index contributed by atoms with van der Waals surface area (Å²) in [6.07, 6.45) is 4.67. The molecule has 0 radical (unpaired) electrons. The summed E-state index contributed by atoms with van der Waals surface area (Å²) in [5, 5.41) is 9.31. The Morgan fingerprint density at radius 2 is 2.00 bits per heavy atom. The summed E-state index contributed by atoms with van der Waals surface area (Å²) >= 11 is 1.81. The summed E-state index contributed by atoms with van der Waals surface area (Å²) in [7, 11) is 0. The third kappa shape index (κ3) is 4.19. The lowest BCUT2D eigenvalue weighted by atomic mass is 9.94. The van der Waals surface area contributed by atoms with Crippen LogP contribution in [0.15, 0.2) is 30.3 Å². The highest BCUT2D eigenvalue weighted by atomic mass is 32.1. The number of rotatable bonds is 6. The van der Waals surface area contributed by atoms with Gasteiger partial charge in [-0.15, -0.1) is 11.3 Å². The lowest BCUT2D eigenvalue weighted by Crippen LogP contribution is -1.99. The van der Waals surface area contributed by atoms with Crippen LogP contribution in [0.2, 0.25) is 0 Å². The number of aryl methyl sites for hydroxylation is 2. The van der Waals surface area contributed by atoms with E-state index in [0.29, 0.717) is 0 Å². The molecule has 0 saturated heterocycles. The minimum absolute atomic E-state index is 0.731. The Morgan fingerprint density at radius 1 is 1.19 bits per heavy atom. The topological polar surface area (TPSA) is 23.8 Å². The van der Waals surface area contributed by atoms with E-state index in [0.717, 1.165) is 24.3 Å². The molecule has 2 heteroatoms. The molecular weight excluding hydrogens is 274 g/mol. The molecule has 1 heterocycles. The van der Waals surface area contributed by atoms with Crippen LogP contribution in [0.25, 0.3) is 10.4 Å². The van der Waals surface area contributed by atoms with Gasteiger partial charge < -0.3 is 0 Å². The van der Waals surface area contributed by atoms with Crippen molar-refractivity contribution in [2.75, 3.05) is 0 Å². The highest BCUT2D eigenvalue weighted by molar-refractivity contribution is 7.15. The first kappa shape index (κ1) is 15.8. The molecule has 110 valence electrons. The molecule has 0 saturated carbocycles. The van der Waals surface area contributed by atoms with Crippen molar-refractivity contribution in [3.63, 3.8) is 0 Å². The second kappa shape index (κ2) is 7.43. The van der Waals surface area contributed by atoms with Gasteiger partial charge >= 0.3 is 0 Å². The van der Waals surface area contributed by atoms with E-state index in [1.165, 1.54) is 33.7 Å². The summed E-state index contributed by atoms with van der Waals surface area (Å²) in [6, 6.07) is 12.9. The zero-order valence-corrected chi connectivity index (χ0v) is 14.0. The maximum atomic E-state index is 9.31. The minimum Gasteiger partial charge on any atom is -0.192 e. The van der Waals surface area contributed by atoms with Crippen LogP contribution in [0.3, 0.4) is 0 Å². The number of nitriles is 1. The van der Waals surface area contributed by atoms with Gasteiger partial charge in [0, 0.05) is 9.75 Å². The third-order valence-electron chi connectivity index (χ3n) is 3.94. The molecule has 1 aromatic heterocycles. The fraction of sp³-hybridized carbons (Fsp3) is 0.421. The first-order chi connectivity index (χ1) is 10.1. The Balaban J connectivity index is 2.20. The second-order valence-electron chi connectivity index (χ2n) is 5.83. The van der Waals surface area contributed by atoms with Crippen molar-refractivity contribution in [1.29, 1.82) is 5.26 Å². The first-order valence-corrected chi connectivity index (χ1v) is 8.55. The molecule has 0 amide bonds. The maximum absolute atomic E-state index is 9.31. The van der Waals surface area contributed by atoms with Gasteiger partial charge in [-0.05, 0) is 61.1 Å². The third-order valence-corrected chi connectivity index (χ3v) is 4.99. The van der Waals surface area contributed by atoms with Crippen molar-refractivity contribution < 1.29 is 0 Å². The molecule has 0 aliphatic carbocycles. The molecular formula is C19H23NS. The standard InChI is InChI=1S/C19H23NS/c1-4-5-14(2)6-8-16-12-17(9-10-18(16)13-20)19-11-7-15(3)21-19/h7,9-12,14H,4-6,8H2,1-3H3. The Bertz CT molecular complexity index is 633. The smallest absolute Gasteiger partial charge is 0.0994 e. The van der Waals surface area contributed by atoms with E-state index in [1.807, 2.05) is 17.4 Å². The molecule has 2 rings (SSSR count). The van der Waals surface area contributed by atoms with E-state index < -0.39 is 0 Å². The predicted molar refractivity (Wildman–Crippen MR) is 91.6 cm³/mol. The van der Waals surface area contributed by atoms with Crippen LogP contribution in [0.4, 0.5) is 0 Å². The summed E-state index contributed by atoms with van der Waals surface area (Å²) in [6.45, 7) is 6.67. The van der Waals surface area contributed by atoms with Crippen molar-refractivity contribution >= 4 is 11.3 Å². The van der Waals surface area contributed by atoms with Crippen LogP contribution >= 0.6 is 11.3 Å². The molecule has 1 aromatic carbocycles. The highest BCUT2D eigenvalue weighted by Gasteiger charge is 2.09. The van der Waals surface area contributed by atoms with E-state index in [9.17, 15) is 5.26 Å². The molecule has 21 heavy (non-hydrogen) atoms. The predicted octanol–water partition coefficient (Wildman–Crippen LogP) is 5.96. The Morgan fingerprint density at radius 3 is 2.62 bits per heavy atom. The Hall–Kier alpha value is -1.59. The van der Waals surface area contributed by atoms with E-state index >= 15 is 0 Å². The first-order valence-electron chi connectivity index (χ1n) is 7.74. The van der Waals surface area contributed by atoms with E-state index in [-0.39, 0.29) is 0 Å². The van der Waals surface area contributed by atoms with Crippen molar-refractivity contribution in [1.82, 2.24) is 0 Å². The van der Waals surface area contributed by atoms with Gasteiger partial charge in [0.1, 0.15) is 0 Å². The van der Waals surface area contributed by atoms with Crippen LogP contribution in [-0.2, 0) is 6.42 Å². The molecule has 0 spiro atoms. The zero-order chi connectivity index (χ0) is 15.2. The van der Waals surface area contributed by atoms with Gasteiger partial charge in [0.15, 0.2) is 0 Å². The number of benzene rings is 1. The second-order valence-corrected chi connectivity index (χ2v) is 7.11. The summed E-state index contributed by atoms with van der Waals surface area (Å²) < 4.78 is 0. The summed E-state index contributed by atoms with van der Waals surface area (Å²) in [4.78, 5) is 2.62. The monoisotopic (exact) mass is 297 g/mol. The van der Waals surface area contributed by atoms with Gasteiger partial charge in [-0.25, -0.2) is 0 Å². The summed E-state index contributed by atoms with van der Waals surface area (Å²) in [5.74, 6) is 0.731. The van der Waals surface area contributed by atoms with Gasteiger partial charge in [0.25, 0.3) is 0 Å². The minimum atomic E-state index is 0.731. The Kier molecular flexibility index (Phi) is 5.59. The SMILES string of the molecule is CCCC(C)CCc1cc(-c2ccc(C)s2)ccc1C#N. The quantitative estimate of drug-likeness (QED) is 0.645. The number of hydrogen-bond donors (Lipinski definition) is 0. The normalized spacial score (nSPS) is 12.1. The Labute approximate surface area is 132 Å². The maximum Gasteiger partial charge on any atom is 0.0994 e. The number of thiophene rings is 1. The van der Waals surface area contributed by atoms with Crippen LogP contribution < -0.4 is 0 Å². The average Bonchev–Trinajstić information content (AvgIpc) is 2.91. The average molecular weight is 297 g/mol. The highest BCUT2D eigenvalue weighted by Crippen LogP contribution is 2.30. The van der Waals surface area contributed by atoms with E-state index in [4.69, 9.17) is 0 Å². The molecule has 0 aliphatic heterocycles. The lowest BCUT2D eigenvalue weighted by molar-refractivity contribution is 0.486. The van der Waals surface area contributed by atoms with Crippen molar-refractivity contribution in [2.45, 2.75) is 46.5 Å². The molecule has 1 nitrogen and oxygen atoms in total. The lowest BCUT2D eigenvalue weighted by Gasteiger charge is -2.11. The van der Waals surface area contributed by atoms with Crippen LogP contribution in [0, 0.1) is 24.2 Å². The van der Waals surface area contributed by atoms with Gasteiger partial charge in [-0.1, -0.05) is 32.8 Å². The van der Waals surface area contributed by atoms with Gasteiger partial charge in [-0.2, -0.15) is 5.26 Å². The largest absolute Gasteiger partial charge is 0.192 e. The molecule has 1 atom stereocenters. The van der Waals surface area contributed by atoms with Crippen LogP contribution in [0.5, 0.6) is 0 Å². The molecule has 0 fully saturated rings. The molecule has 2 aromatic rings. The molecule has 1 unspecified atom stereocenters.